The molecule has 0 unspecified atom stereocenters. The van der Waals surface area contributed by atoms with Gasteiger partial charge in [0, 0.05) is 17.4 Å². The van der Waals surface area contributed by atoms with Crippen molar-refractivity contribution in [2.45, 2.75) is 36.1 Å². The number of hydrogen-bond acceptors (Lipinski definition) is 5. The van der Waals surface area contributed by atoms with Crippen LogP contribution in [0.4, 0.5) is 0 Å². The first-order chi connectivity index (χ1) is 9.33. The minimum atomic E-state index is -3.38. The van der Waals surface area contributed by atoms with E-state index in [1.165, 1.54) is 14.2 Å². The van der Waals surface area contributed by atoms with Crippen LogP contribution in [0.15, 0.2) is 17.0 Å². The molecule has 5 nitrogen and oxygen atoms in total. The maximum Gasteiger partial charge on any atom is 0.179 e. The molecule has 112 valence electrons. The normalized spacial score (nSPS) is 18.0. The van der Waals surface area contributed by atoms with Crippen LogP contribution >= 0.6 is 0 Å². The van der Waals surface area contributed by atoms with Gasteiger partial charge in [0.15, 0.2) is 21.3 Å². The van der Waals surface area contributed by atoms with E-state index in [9.17, 15) is 8.42 Å². The van der Waals surface area contributed by atoms with Gasteiger partial charge in [-0.1, -0.05) is 18.9 Å². The molecular weight excluding hydrogens is 278 g/mol. The van der Waals surface area contributed by atoms with E-state index >= 15 is 0 Å². The molecule has 1 aliphatic carbocycles. The summed E-state index contributed by atoms with van der Waals surface area (Å²) in [5, 5.41) is 0. The number of methoxy groups -OCH3 is 2. The summed E-state index contributed by atoms with van der Waals surface area (Å²) in [5.74, 6) is 0.670. The number of benzene rings is 1. The van der Waals surface area contributed by atoms with Crippen molar-refractivity contribution in [3.05, 3.63) is 17.7 Å². The van der Waals surface area contributed by atoms with Crippen LogP contribution in [0.3, 0.4) is 0 Å². The minimum absolute atomic E-state index is 0.127. The summed E-state index contributed by atoms with van der Waals surface area (Å²) in [6, 6.07) is 3.31. The van der Waals surface area contributed by atoms with Gasteiger partial charge in [-0.15, -0.1) is 0 Å². The van der Waals surface area contributed by atoms with Gasteiger partial charge in [0.25, 0.3) is 0 Å². The summed E-state index contributed by atoms with van der Waals surface area (Å²) >= 11 is 0. The standard InChI is InChI=1S/C14H21NO4S/c1-18-12-10(14(15)8-4-5-9-14)6-7-11(13(12)19-2)20(3,16)17/h6-7H,4-5,8-9,15H2,1-3H3. The zero-order valence-electron chi connectivity index (χ0n) is 12.1. The summed E-state index contributed by atoms with van der Waals surface area (Å²) in [5.41, 5.74) is 6.81. The molecule has 0 aromatic heterocycles. The fraction of sp³-hybridized carbons (Fsp3) is 0.571. The molecule has 0 spiro atoms. The Morgan fingerprint density at radius 3 is 2.10 bits per heavy atom. The fourth-order valence-corrected chi connectivity index (χ4v) is 3.73. The predicted molar refractivity (Wildman–Crippen MR) is 77.0 cm³/mol. The van der Waals surface area contributed by atoms with Gasteiger partial charge in [-0.25, -0.2) is 8.42 Å². The van der Waals surface area contributed by atoms with E-state index < -0.39 is 15.4 Å². The van der Waals surface area contributed by atoms with Crippen LogP contribution < -0.4 is 15.2 Å². The van der Waals surface area contributed by atoms with E-state index in [1.54, 1.807) is 12.1 Å². The SMILES string of the molecule is COc1c(C2(N)CCCC2)ccc(S(C)(=O)=O)c1OC. The number of hydrogen-bond donors (Lipinski definition) is 1. The topological polar surface area (TPSA) is 78.6 Å². The first kappa shape index (κ1) is 15.1. The zero-order valence-corrected chi connectivity index (χ0v) is 12.9. The predicted octanol–water partition coefficient (Wildman–Crippen LogP) is 1.84. The lowest BCUT2D eigenvalue weighted by Gasteiger charge is -2.27. The van der Waals surface area contributed by atoms with E-state index in [0.717, 1.165) is 37.5 Å². The van der Waals surface area contributed by atoms with Crippen LogP contribution in [0.1, 0.15) is 31.2 Å². The highest BCUT2D eigenvalue weighted by molar-refractivity contribution is 7.90. The van der Waals surface area contributed by atoms with Crippen LogP contribution in [0.2, 0.25) is 0 Å². The van der Waals surface area contributed by atoms with Crippen LogP contribution in [0.25, 0.3) is 0 Å². The summed E-state index contributed by atoms with van der Waals surface area (Å²) in [7, 11) is -0.440. The van der Waals surface area contributed by atoms with Crippen LogP contribution in [-0.4, -0.2) is 28.9 Å². The molecular formula is C14H21NO4S. The smallest absolute Gasteiger partial charge is 0.179 e. The van der Waals surface area contributed by atoms with E-state index in [2.05, 4.69) is 0 Å². The molecule has 2 N–H and O–H groups in total. The first-order valence-electron chi connectivity index (χ1n) is 6.58. The van der Waals surface area contributed by atoms with Crippen molar-refractivity contribution < 1.29 is 17.9 Å². The molecule has 0 atom stereocenters. The van der Waals surface area contributed by atoms with Crippen LogP contribution in [0, 0.1) is 0 Å². The van der Waals surface area contributed by atoms with Gasteiger partial charge < -0.3 is 15.2 Å². The third kappa shape index (κ3) is 2.50. The van der Waals surface area contributed by atoms with Crippen molar-refractivity contribution in [3.8, 4) is 11.5 Å². The van der Waals surface area contributed by atoms with Gasteiger partial charge in [-0.3, -0.25) is 0 Å². The Morgan fingerprint density at radius 2 is 1.65 bits per heavy atom. The van der Waals surface area contributed by atoms with E-state index in [-0.39, 0.29) is 10.6 Å². The number of ether oxygens (including phenoxy) is 2. The highest BCUT2D eigenvalue weighted by atomic mass is 32.2. The highest BCUT2D eigenvalue weighted by Crippen LogP contribution is 2.46. The van der Waals surface area contributed by atoms with Crippen molar-refractivity contribution in [1.82, 2.24) is 0 Å². The monoisotopic (exact) mass is 299 g/mol. The molecule has 0 bridgehead atoms. The lowest BCUT2D eigenvalue weighted by Crippen LogP contribution is -2.33. The molecule has 1 aromatic rings. The third-order valence-electron chi connectivity index (χ3n) is 3.92. The van der Waals surface area contributed by atoms with E-state index in [1.807, 2.05) is 0 Å². The molecule has 1 aromatic carbocycles. The van der Waals surface area contributed by atoms with Crippen molar-refractivity contribution in [2.75, 3.05) is 20.5 Å². The van der Waals surface area contributed by atoms with Gasteiger partial charge in [0.1, 0.15) is 4.90 Å². The summed E-state index contributed by atoms with van der Waals surface area (Å²) in [6.45, 7) is 0. The average molecular weight is 299 g/mol. The maximum absolute atomic E-state index is 11.8. The Hall–Kier alpha value is -1.27. The molecule has 0 amide bonds. The maximum atomic E-state index is 11.8. The Morgan fingerprint density at radius 1 is 1.10 bits per heavy atom. The lowest BCUT2D eigenvalue weighted by molar-refractivity contribution is 0.330. The Balaban J connectivity index is 2.67. The molecule has 1 fully saturated rings. The molecule has 1 saturated carbocycles. The second-order valence-corrected chi connectivity index (χ2v) is 7.30. The fourth-order valence-electron chi connectivity index (χ4n) is 2.90. The molecule has 0 radical (unpaired) electrons. The third-order valence-corrected chi connectivity index (χ3v) is 5.04. The molecule has 20 heavy (non-hydrogen) atoms. The molecule has 1 aliphatic rings. The summed E-state index contributed by atoms with van der Waals surface area (Å²) in [4.78, 5) is 0.127. The van der Waals surface area contributed by atoms with Gasteiger partial charge in [0.05, 0.1) is 14.2 Å². The second-order valence-electron chi connectivity index (χ2n) is 5.31. The van der Waals surface area contributed by atoms with Crippen molar-refractivity contribution in [3.63, 3.8) is 0 Å². The largest absolute Gasteiger partial charge is 0.492 e. The van der Waals surface area contributed by atoms with Crippen LogP contribution in [-0.2, 0) is 15.4 Å². The molecule has 2 rings (SSSR count). The quantitative estimate of drug-likeness (QED) is 0.917. The van der Waals surface area contributed by atoms with Crippen molar-refractivity contribution in [2.24, 2.45) is 5.73 Å². The van der Waals surface area contributed by atoms with Crippen molar-refractivity contribution in [1.29, 1.82) is 0 Å². The van der Waals surface area contributed by atoms with Crippen molar-refractivity contribution >= 4 is 9.84 Å². The van der Waals surface area contributed by atoms with Gasteiger partial charge in [0.2, 0.25) is 0 Å². The summed E-state index contributed by atoms with van der Waals surface area (Å²) < 4.78 is 34.3. The summed E-state index contributed by atoms with van der Waals surface area (Å²) in [6.07, 6.45) is 5.01. The number of rotatable bonds is 4. The average Bonchev–Trinajstić information content (AvgIpc) is 2.83. The Kier molecular flexibility index (Phi) is 3.97. The van der Waals surface area contributed by atoms with E-state index in [0.29, 0.717) is 5.75 Å². The first-order valence-corrected chi connectivity index (χ1v) is 8.47. The zero-order chi connectivity index (χ0) is 15.0. The molecule has 0 saturated heterocycles. The highest BCUT2D eigenvalue weighted by Gasteiger charge is 2.36. The van der Waals surface area contributed by atoms with Gasteiger partial charge >= 0.3 is 0 Å². The number of nitrogens with two attached hydrogens (primary N) is 1. The van der Waals surface area contributed by atoms with Gasteiger partial charge in [-0.05, 0) is 18.9 Å². The molecule has 6 heteroatoms. The van der Waals surface area contributed by atoms with Crippen LogP contribution in [0.5, 0.6) is 11.5 Å². The van der Waals surface area contributed by atoms with E-state index in [4.69, 9.17) is 15.2 Å². The van der Waals surface area contributed by atoms with Gasteiger partial charge in [-0.2, -0.15) is 0 Å². The second kappa shape index (κ2) is 5.26. The molecule has 0 heterocycles. The lowest BCUT2D eigenvalue weighted by atomic mass is 9.88. The Bertz CT molecular complexity index is 604. The molecule has 0 aliphatic heterocycles. The Labute approximate surface area is 120 Å². The minimum Gasteiger partial charge on any atom is -0.492 e. The number of sulfone groups is 1.